The van der Waals surface area contributed by atoms with Crippen LogP contribution in [0.3, 0.4) is 0 Å². The first kappa shape index (κ1) is 10.0. The smallest absolute Gasteiger partial charge is 0.0117 e. The maximum Gasteiger partial charge on any atom is 0.0117 e. The molecule has 0 aromatic heterocycles. The molecule has 0 aliphatic carbocycles. The highest BCUT2D eigenvalue weighted by Gasteiger charge is 2.46. The van der Waals surface area contributed by atoms with Crippen LogP contribution in [0, 0.1) is 11.3 Å². The summed E-state index contributed by atoms with van der Waals surface area (Å²) in [7, 11) is 0. The third-order valence-corrected chi connectivity index (χ3v) is 3.18. The average molecular weight is 170 g/mol. The Morgan fingerprint density at radius 3 is 2.08 bits per heavy atom. The van der Waals surface area contributed by atoms with Crippen molar-refractivity contribution in [3.05, 3.63) is 0 Å². The molecule has 1 unspecified atom stereocenters. The molecule has 2 fully saturated rings. The number of hydrogen-bond acceptors (Lipinski definition) is 2. The molecule has 0 amide bonds. The fraction of sp³-hybridized carbons (Fsp3) is 1.00. The maximum absolute atomic E-state index is 3.48. The van der Waals surface area contributed by atoms with E-state index >= 15 is 0 Å². The van der Waals surface area contributed by atoms with E-state index in [9.17, 15) is 0 Å². The molecule has 2 heteroatoms. The predicted molar refractivity (Wildman–Crippen MR) is 53.3 cm³/mol. The summed E-state index contributed by atoms with van der Waals surface area (Å²) < 4.78 is 0. The number of nitrogens with one attached hydrogen (secondary N) is 2. The van der Waals surface area contributed by atoms with Gasteiger partial charge >= 0.3 is 0 Å². The van der Waals surface area contributed by atoms with E-state index in [1.165, 1.54) is 32.6 Å². The Morgan fingerprint density at radius 1 is 1.17 bits per heavy atom. The summed E-state index contributed by atoms with van der Waals surface area (Å²) in [5.41, 5.74) is 0.661. The highest BCUT2D eigenvalue weighted by Crippen LogP contribution is 2.36. The first-order valence-corrected chi connectivity index (χ1v) is 5.29. The molecule has 2 saturated heterocycles. The lowest BCUT2D eigenvalue weighted by atomic mass is 9.72. The second-order valence-corrected chi connectivity index (χ2v) is 3.70. The zero-order valence-electron chi connectivity index (χ0n) is 8.61. The van der Waals surface area contributed by atoms with Gasteiger partial charge in [-0.2, -0.15) is 0 Å². The summed E-state index contributed by atoms with van der Waals surface area (Å²) in [5, 5.41) is 6.84. The Bertz CT molecular complexity index is 130. The van der Waals surface area contributed by atoms with Crippen LogP contribution in [0.1, 0.15) is 27.2 Å². The molecule has 12 heavy (non-hydrogen) atoms. The van der Waals surface area contributed by atoms with E-state index in [4.69, 9.17) is 0 Å². The van der Waals surface area contributed by atoms with E-state index in [0.717, 1.165) is 5.92 Å². The lowest BCUT2D eigenvalue weighted by Crippen LogP contribution is -2.57. The minimum Gasteiger partial charge on any atom is -0.316 e. The van der Waals surface area contributed by atoms with Gasteiger partial charge in [-0.3, -0.25) is 0 Å². The van der Waals surface area contributed by atoms with Gasteiger partial charge in [-0.1, -0.05) is 27.2 Å². The van der Waals surface area contributed by atoms with Crippen LogP contribution in [-0.2, 0) is 0 Å². The van der Waals surface area contributed by atoms with Gasteiger partial charge < -0.3 is 10.6 Å². The largest absolute Gasteiger partial charge is 0.316 e. The molecule has 2 N–H and O–H groups in total. The van der Waals surface area contributed by atoms with Gasteiger partial charge in [-0.05, 0) is 12.5 Å². The average Bonchev–Trinajstić information content (AvgIpc) is 2.50. The van der Waals surface area contributed by atoms with Crippen molar-refractivity contribution in [1.29, 1.82) is 0 Å². The van der Waals surface area contributed by atoms with Gasteiger partial charge in [0.05, 0.1) is 0 Å². The number of rotatable bonds is 1. The first-order valence-electron chi connectivity index (χ1n) is 5.29. The minimum absolute atomic E-state index is 0.661. The van der Waals surface area contributed by atoms with Crippen LogP contribution in [0.2, 0.25) is 0 Å². The molecule has 2 nitrogen and oxygen atoms in total. The topological polar surface area (TPSA) is 24.1 Å². The first-order chi connectivity index (χ1) is 5.87. The third-order valence-electron chi connectivity index (χ3n) is 3.18. The summed E-state index contributed by atoms with van der Waals surface area (Å²) in [5.74, 6) is 0.939. The number of hydrogen-bond donors (Lipinski definition) is 2. The molecule has 0 aromatic carbocycles. The molecule has 0 saturated carbocycles. The van der Waals surface area contributed by atoms with Gasteiger partial charge in [0, 0.05) is 25.0 Å². The molecule has 0 bridgehead atoms. The van der Waals surface area contributed by atoms with Crippen molar-refractivity contribution in [2.24, 2.45) is 11.3 Å². The van der Waals surface area contributed by atoms with Crippen LogP contribution >= 0.6 is 0 Å². The van der Waals surface area contributed by atoms with E-state index in [-0.39, 0.29) is 0 Å². The zero-order valence-corrected chi connectivity index (χ0v) is 8.61. The Balaban J connectivity index is 0.000000336. The van der Waals surface area contributed by atoms with Gasteiger partial charge in [0.1, 0.15) is 0 Å². The zero-order chi connectivity index (χ0) is 9.03. The molecular formula is C10H22N2. The Labute approximate surface area is 76.1 Å². The second-order valence-electron chi connectivity index (χ2n) is 3.70. The maximum atomic E-state index is 3.48. The van der Waals surface area contributed by atoms with E-state index in [0.29, 0.717) is 5.41 Å². The van der Waals surface area contributed by atoms with E-state index < -0.39 is 0 Å². The highest BCUT2D eigenvalue weighted by atomic mass is 15.1. The Kier molecular flexibility index (Phi) is 3.53. The standard InChI is InChI=1S/C8H16N2.C2H6/c1-2-7-3-9-4-8(7)5-10-6-8;1-2/h7,9-10H,2-6H2,1H3;1-2H3. The van der Waals surface area contributed by atoms with Crippen molar-refractivity contribution in [1.82, 2.24) is 10.6 Å². The van der Waals surface area contributed by atoms with Crippen LogP contribution in [0.25, 0.3) is 0 Å². The molecule has 72 valence electrons. The van der Waals surface area contributed by atoms with E-state index in [1.54, 1.807) is 0 Å². The molecule has 1 spiro atoms. The van der Waals surface area contributed by atoms with Crippen LogP contribution in [0.15, 0.2) is 0 Å². The SMILES string of the molecule is CC.CCC1CNCC12CNC2. The second kappa shape index (κ2) is 4.24. The van der Waals surface area contributed by atoms with Gasteiger partial charge in [0.25, 0.3) is 0 Å². The normalized spacial score (nSPS) is 30.8. The van der Waals surface area contributed by atoms with Crippen molar-refractivity contribution in [2.75, 3.05) is 26.2 Å². The van der Waals surface area contributed by atoms with E-state index in [1.807, 2.05) is 13.8 Å². The Hall–Kier alpha value is -0.0800. The van der Waals surface area contributed by atoms with Crippen LogP contribution in [-0.4, -0.2) is 26.2 Å². The molecule has 1 atom stereocenters. The molecule has 2 rings (SSSR count). The summed E-state index contributed by atoms with van der Waals surface area (Å²) >= 11 is 0. The van der Waals surface area contributed by atoms with Crippen LogP contribution in [0.5, 0.6) is 0 Å². The van der Waals surface area contributed by atoms with Crippen molar-refractivity contribution < 1.29 is 0 Å². The minimum atomic E-state index is 0.661. The third kappa shape index (κ3) is 1.50. The molecule has 0 aromatic rings. The van der Waals surface area contributed by atoms with Crippen LogP contribution < -0.4 is 10.6 Å². The molecular weight excluding hydrogens is 148 g/mol. The fourth-order valence-electron chi connectivity index (χ4n) is 2.29. The van der Waals surface area contributed by atoms with Gasteiger partial charge in [-0.25, -0.2) is 0 Å². The molecule has 0 radical (unpaired) electrons. The van der Waals surface area contributed by atoms with Crippen LogP contribution in [0.4, 0.5) is 0 Å². The summed E-state index contributed by atoms with van der Waals surface area (Å²) in [4.78, 5) is 0. The van der Waals surface area contributed by atoms with E-state index in [2.05, 4.69) is 17.6 Å². The molecule has 2 aliphatic rings. The molecule has 2 aliphatic heterocycles. The monoisotopic (exact) mass is 170 g/mol. The quantitative estimate of drug-likeness (QED) is 0.618. The Morgan fingerprint density at radius 2 is 1.75 bits per heavy atom. The highest BCUT2D eigenvalue weighted by molar-refractivity contribution is 5.02. The van der Waals surface area contributed by atoms with Gasteiger partial charge in [0.15, 0.2) is 0 Å². The summed E-state index contributed by atoms with van der Waals surface area (Å²) in [6, 6.07) is 0. The van der Waals surface area contributed by atoms with Gasteiger partial charge in [0.2, 0.25) is 0 Å². The lowest BCUT2D eigenvalue weighted by molar-refractivity contribution is 0.126. The molecule has 2 heterocycles. The van der Waals surface area contributed by atoms with Crippen molar-refractivity contribution in [3.63, 3.8) is 0 Å². The summed E-state index contributed by atoms with van der Waals surface area (Å²) in [6.45, 7) is 11.3. The summed E-state index contributed by atoms with van der Waals surface area (Å²) in [6.07, 6.45) is 1.34. The predicted octanol–water partition coefficient (Wildman–Crippen LogP) is 1.23. The van der Waals surface area contributed by atoms with Crippen molar-refractivity contribution in [2.45, 2.75) is 27.2 Å². The lowest BCUT2D eigenvalue weighted by Gasteiger charge is -2.43. The van der Waals surface area contributed by atoms with Crippen molar-refractivity contribution >= 4 is 0 Å². The fourth-order valence-corrected chi connectivity index (χ4v) is 2.29. The van der Waals surface area contributed by atoms with Gasteiger partial charge in [-0.15, -0.1) is 0 Å². The van der Waals surface area contributed by atoms with Crippen molar-refractivity contribution in [3.8, 4) is 0 Å².